The maximum atomic E-state index is 11.9. The Hall–Kier alpha value is -2.37. The van der Waals surface area contributed by atoms with Gasteiger partial charge in [0, 0.05) is 17.1 Å². The molecule has 2 heterocycles. The standard InChI is InChI=1S/C15H7Cl2NO4/c16-9-4-3-7(6-10(9)17)11-8-2-1-5-18-12(8)15(21)22-13(11)14(19)20/h1-6H,(H,19,20). The third-order valence-electron chi connectivity index (χ3n) is 3.09. The predicted molar refractivity (Wildman–Crippen MR) is 82.7 cm³/mol. The van der Waals surface area contributed by atoms with Gasteiger partial charge in [0.25, 0.3) is 0 Å². The van der Waals surface area contributed by atoms with Gasteiger partial charge in [-0.05, 0) is 23.8 Å². The highest BCUT2D eigenvalue weighted by Crippen LogP contribution is 2.34. The van der Waals surface area contributed by atoms with Gasteiger partial charge in [0.05, 0.1) is 10.0 Å². The first kappa shape index (κ1) is 14.6. The second kappa shape index (κ2) is 5.44. The Kier molecular flexibility index (Phi) is 3.60. The molecule has 0 amide bonds. The number of carboxylic acids is 1. The molecule has 0 unspecified atom stereocenters. The number of aromatic nitrogens is 1. The van der Waals surface area contributed by atoms with Crippen LogP contribution in [0.15, 0.2) is 45.7 Å². The van der Waals surface area contributed by atoms with Gasteiger partial charge in [0.1, 0.15) is 0 Å². The minimum absolute atomic E-state index is 0.0496. The van der Waals surface area contributed by atoms with Gasteiger partial charge < -0.3 is 9.52 Å². The van der Waals surface area contributed by atoms with Crippen molar-refractivity contribution in [2.45, 2.75) is 0 Å². The average Bonchev–Trinajstić information content (AvgIpc) is 2.50. The van der Waals surface area contributed by atoms with E-state index in [9.17, 15) is 14.7 Å². The summed E-state index contributed by atoms with van der Waals surface area (Å²) in [6.45, 7) is 0. The van der Waals surface area contributed by atoms with Crippen LogP contribution >= 0.6 is 23.2 Å². The molecule has 0 atom stereocenters. The highest BCUT2D eigenvalue weighted by molar-refractivity contribution is 6.42. The summed E-state index contributed by atoms with van der Waals surface area (Å²) in [6, 6.07) is 7.86. The van der Waals surface area contributed by atoms with Gasteiger partial charge in [0.2, 0.25) is 5.76 Å². The molecule has 0 saturated carbocycles. The number of rotatable bonds is 2. The molecule has 110 valence electrons. The molecule has 0 aliphatic heterocycles. The van der Waals surface area contributed by atoms with Crippen molar-refractivity contribution >= 4 is 40.1 Å². The molecule has 0 saturated heterocycles. The molecular weight excluding hydrogens is 329 g/mol. The number of hydrogen-bond donors (Lipinski definition) is 1. The molecule has 0 radical (unpaired) electrons. The lowest BCUT2D eigenvalue weighted by molar-refractivity contribution is 0.0659. The zero-order chi connectivity index (χ0) is 15.9. The van der Waals surface area contributed by atoms with Crippen LogP contribution in [0.1, 0.15) is 10.6 Å². The highest BCUT2D eigenvalue weighted by Gasteiger charge is 2.21. The fourth-order valence-electron chi connectivity index (χ4n) is 2.17. The lowest BCUT2D eigenvalue weighted by Gasteiger charge is -2.09. The van der Waals surface area contributed by atoms with Crippen LogP contribution in [0.5, 0.6) is 0 Å². The first-order valence-corrected chi connectivity index (χ1v) is 6.85. The maximum Gasteiger partial charge on any atom is 0.372 e. The molecular formula is C15H7Cl2NO4. The Labute approximate surface area is 133 Å². The maximum absolute atomic E-state index is 11.9. The predicted octanol–water partition coefficient (Wildman–Crippen LogP) is 3.86. The van der Waals surface area contributed by atoms with Crippen LogP contribution in [0.3, 0.4) is 0 Å². The summed E-state index contributed by atoms with van der Waals surface area (Å²) in [5, 5.41) is 10.3. The van der Waals surface area contributed by atoms with E-state index in [0.717, 1.165) is 0 Å². The first-order chi connectivity index (χ1) is 10.5. The summed E-state index contributed by atoms with van der Waals surface area (Å²) in [5.41, 5.74) is -0.0623. The second-order valence-electron chi connectivity index (χ2n) is 4.43. The van der Waals surface area contributed by atoms with E-state index in [0.29, 0.717) is 16.0 Å². The molecule has 3 aromatic rings. The van der Waals surface area contributed by atoms with Crippen LogP contribution in [0.25, 0.3) is 22.0 Å². The van der Waals surface area contributed by atoms with Crippen LogP contribution in [0.4, 0.5) is 0 Å². The van der Waals surface area contributed by atoms with Gasteiger partial charge in [0.15, 0.2) is 5.52 Å². The van der Waals surface area contributed by atoms with Crippen molar-refractivity contribution in [3.05, 3.63) is 62.8 Å². The average molecular weight is 336 g/mol. The second-order valence-corrected chi connectivity index (χ2v) is 5.24. The van der Waals surface area contributed by atoms with Crippen molar-refractivity contribution in [2.75, 3.05) is 0 Å². The van der Waals surface area contributed by atoms with Gasteiger partial charge >= 0.3 is 11.6 Å². The summed E-state index contributed by atoms with van der Waals surface area (Å²) in [4.78, 5) is 27.2. The lowest BCUT2D eigenvalue weighted by atomic mass is 10.0. The van der Waals surface area contributed by atoms with Crippen molar-refractivity contribution in [1.29, 1.82) is 0 Å². The lowest BCUT2D eigenvalue weighted by Crippen LogP contribution is -2.10. The third-order valence-corrected chi connectivity index (χ3v) is 3.83. The summed E-state index contributed by atoms with van der Waals surface area (Å²) in [5.74, 6) is -1.83. The van der Waals surface area contributed by atoms with Gasteiger partial charge in [-0.1, -0.05) is 35.3 Å². The quantitative estimate of drug-likeness (QED) is 0.769. The van der Waals surface area contributed by atoms with Crippen molar-refractivity contribution < 1.29 is 14.3 Å². The number of halogens is 2. The first-order valence-electron chi connectivity index (χ1n) is 6.09. The van der Waals surface area contributed by atoms with E-state index in [2.05, 4.69) is 4.98 Å². The van der Waals surface area contributed by atoms with E-state index in [1.165, 1.54) is 18.3 Å². The molecule has 3 rings (SSSR count). The van der Waals surface area contributed by atoms with Crippen LogP contribution in [-0.2, 0) is 0 Å². The number of pyridine rings is 1. The molecule has 22 heavy (non-hydrogen) atoms. The Morgan fingerprint density at radius 2 is 1.95 bits per heavy atom. The number of aromatic carboxylic acids is 1. The minimum atomic E-state index is -1.36. The molecule has 0 aliphatic rings. The van der Waals surface area contributed by atoms with Gasteiger partial charge in [-0.15, -0.1) is 0 Å². The third kappa shape index (κ3) is 2.34. The summed E-state index contributed by atoms with van der Waals surface area (Å²) in [6.07, 6.45) is 1.43. The van der Waals surface area contributed by atoms with E-state index in [1.807, 2.05) is 0 Å². The van der Waals surface area contributed by atoms with Crippen LogP contribution in [-0.4, -0.2) is 16.1 Å². The molecule has 5 nitrogen and oxygen atoms in total. The molecule has 0 aliphatic carbocycles. The van der Waals surface area contributed by atoms with E-state index in [-0.39, 0.29) is 16.1 Å². The Balaban J connectivity index is 2.47. The van der Waals surface area contributed by atoms with Gasteiger partial charge in [-0.3, -0.25) is 0 Å². The largest absolute Gasteiger partial charge is 0.475 e. The van der Waals surface area contributed by atoms with Crippen molar-refractivity contribution in [3.63, 3.8) is 0 Å². The molecule has 2 aromatic heterocycles. The molecule has 0 fully saturated rings. The van der Waals surface area contributed by atoms with E-state index >= 15 is 0 Å². The number of hydrogen-bond acceptors (Lipinski definition) is 4. The monoisotopic (exact) mass is 335 g/mol. The fourth-order valence-corrected chi connectivity index (χ4v) is 2.47. The molecule has 1 aromatic carbocycles. The number of nitrogens with zero attached hydrogens (tertiary/aromatic N) is 1. The number of carbonyl (C=O) groups is 1. The van der Waals surface area contributed by atoms with Crippen molar-refractivity contribution in [1.82, 2.24) is 4.98 Å². The van der Waals surface area contributed by atoms with Crippen molar-refractivity contribution in [3.8, 4) is 11.1 Å². The van der Waals surface area contributed by atoms with E-state index < -0.39 is 17.4 Å². The van der Waals surface area contributed by atoms with Gasteiger partial charge in [-0.25, -0.2) is 14.6 Å². The van der Waals surface area contributed by atoms with E-state index in [4.69, 9.17) is 27.6 Å². The molecule has 1 N–H and O–H groups in total. The number of fused-ring (bicyclic) bond motifs is 1. The Morgan fingerprint density at radius 3 is 2.64 bits per heavy atom. The number of carboxylic acid groups (broad SMARTS) is 1. The Morgan fingerprint density at radius 1 is 1.18 bits per heavy atom. The summed E-state index contributed by atoms with van der Waals surface area (Å²) < 4.78 is 4.91. The normalized spacial score (nSPS) is 10.8. The zero-order valence-electron chi connectivity index (χ0n) is 10.8. The van der Waals surface area contributed by atoms with Gasteiger partial charge in [-0.2, -0.15) is 0 Å². The van der Waals surface area contributed by atoms with E-state index in [1.54, 1.807) is 18.2 Å². The smallest absolute Gasteiger partial charge is 0.372 e. The molecule has 7 heteroatoms. The van der Waals surface area contributed by atoms with Crippen LogP contribution in [0.2, 0.25) is 10.0 Å². The number of benzene rings is 1. The SMILES string of the molecule is O=C(O)c1oc(=O)c2ncccc2c1-c1ccc(Cl)c(Cl)c1. The highest BCUT2D eigenvalue weighted by atomic mass is 35.5. The topological polar surface area (TPSA) is 80.4 Å². The van der Waals surface area contributed by atoms with Crippen molar-refractivity contribution in [2.24, 2.45) is 0 Å². The fraction of sp³-hybridized carbons (Fsp3) is 0. The summed E-state index contributed by atoms with van der Waals surface area (Å²) >= 11 is 11.9. The molecule has 0 bridgehead atoms. The van der Waals surface area contributed by atoms with Crippen LogP contribution < -0.4 is 5.63 Å². The van der Waals surface area contributed by atoms with Crippen LogP contribution in [0, 0.1) is 0 Å². The summed E-state index contributed by atoms with van der Waals surface area (Å²) in [7, 11) is 0. The Bertz CT molecular complexity index is 965. The molecule has 0 spiro atoms. The zero-order valence-corrected chi connectivity index (χ0v) is 12.4. The minimum Gasteiger partial charge on any atom is -0.475 e.